The van der Waals surface area contributed by atoms with Gasteiger partial charge in [0, 0.05) is 6.42 Å². The second-order valence-corrected chi connectivity index (χ2v) is 4.73. The van der Waals surface area contributed by atoms with Gasteiger partial charge in [-0.25, -0.2) is 9.78 Å². The maximum absolute atomic E-state index is 11.3. The summed E-state index contributed by atoms with van der Waals surface area (Å²) in [4.78, 5) is 25.5. The van der Waals surface area contributed by atoms with Crippen molar-refractivity contribution in [1.82, 2.24) is 4.98 Å². The van der Waals surface area contributed by atoms with Crippen LogP contribution in [-0.4, -0.2) is 29.0 Å². The molecule has 2 rings (SSSR count). The quantitative estimate of drug-likeness (QED) is 0.522. The van der Waals surface area contributed by atoms with Crippen LogP contribution in [0.2, 0.25) is 4.34 Å². The standard InChI is InChI=1S/C9H6ClN3O4S/c10-7-4(3-14)11-9(18-7)13-12-6-5(15)1-2-17-8(6)16/h3,15H,1-2H2. The van der Waals surface area contributed by atoms with E-state index < -0.39 is 5.97 Å². The molecule has 1 aromatic rings. The fourth-order valence-corrected chi connectivity index (χ4v) is 2.03. The van der Waals surface area contributed by atoms with E-state index in [2.05, 4.69) is 19.9 Å². The van der Waals surface area contributed by atoms with E-state index in [1.54, 1.807) is 0 Å². The molecule has 2 heterocycles. The highest BCUT2D eigenvalue weighted by atomic mass is 35.5. The molecule has 0 spiro atoms. The highest BCUT2D eigenvalue weighted by Gasteiger charge is 2.22. The molecule has 9 heteroatoms. The summed E-state index contributed by atoms with van der Waals surface area (Å²) in [5, 5.41) is 16.7. The van der Waals surface area contributed by atoms with Crippen molar-refractivity contribution in [2.75, 3.05) is 6.61 Å². The molecule has 18 heavy (non-hydrogen) atoms. The molecule has 0 atom stereocenters. The molecule has 1 N–H and O–H groups in total. The number of rotatable bonds is 3. The van der Waals surface area contributed by atoms with Crippen LogP contribution >= 0.6 is 22.9 Å². The van der Waals surface area contributed by atoms with Crippen LogP contribution in [0.15, 0.2) is 21.7 Å². The van der Waals surface area contributed by atoms with Crippen LogP contribution in [0.25, 0.3) is 0 Å². The van der Waals surface area contributed by atoms with Gasteiger partial charge in [0.05, 0.1) is 6.61 Å². The van der Waals surface area contributed by atoms with Crippen molar-refractivity contribution in [3.63, 3.8) is 0 Å². The van der Waals surface area contributed by atoms with Gasteiger partial charge in [0.2, 0.25) is 10.8 Å². The number of nitrogens with zero attached hydrogens (tertiary/aromatic N) is 3. The zero-order valence-electron chi connectivity index (χ0n) is 8.79. The summed E-state index contributed by atoms with van der Waals surface area (Å²) in [6.07, 6.45) is 0.682. The highest BCUT2D eigenvalue weighted by Crippen LogP contribution is 2.30. The van der Waals surface area contributed by atoms with Gasteiger partial charge in [0.15, 0.2) is 6.29 Å². The first-order chi connectivity index (χ1) is 8.61. The predicted molar refractivity (Wildman–Crippen MR) is 62.3 cm³/mol. The van der Waals surface area contributed by atoms with Crippen molar-refractivity contribution in [3.8, 4) is 0 Å². The van der Waals surface area contributed by atoms with Crippen LogP contribution in [0.3, 0.4) is 0 Å². The van der Waals surface area contributed by atoms with Gasteiger partial charge in [0.1, 0.15) is 15.8 Å². The number of cyclic esters (lactones) is 1. The van der Waals surface area contributed by atoms with E-state index in [0.717, 1.165) is 11.3 Å². The lowest BCUT2D eigenvalue weighted by Crippen LogP contribution is -2.16. The third-order valence-corrected chi connectivity index (χ3v) is 3.15. The van der Waals surface area contributed by atoms with Crippen molar-refractivity contribution in [2.45, 2.75) is 6.42 Å². The van der Waals surface area contributed by atoms with E-state index in [-0.39, 0.29) is 39.6 Å². The molecule has 0 amide bonds. The number of azo groups is 1. The van der Waals surface area contributed by atoms with Gasteiger partial charge in [-0.15, -0.1) is 10.2 Å². The number of hydrogen-bond acceptors (Lipinski definition) is 8. The Balaban J connectivity index is 2.24. The Morgan fingerprint density at radius 2 is 2.28 bits per heavy atom. The van der Waals surface area contributed by atoms with Crippen molar-refractivity contribution in [3.05, 3.63) is 21.5 Å². The third kappa shape index (κ3) is 2.54. The minimum absolute atomic E-state index is 0.0556. The Bertz CT molecular complexity index is 566. The number of aromatic nitrogens is 1. The van der Waals surface area contributed by atoms with Crippen LogP contribution in [0.4, 0.5) is 5.13 Å². The fraction of sp³-hybridized carbons (Fsp3) is 0.222. The molecule has 0 saturated carbocycles. The highest BCUT2D eigenvalue weighted by molar-refractivity contribution is 7.19. The zero-order valence-corrected chi connectivity index (χ0v) is 10.4. The normalized spacial score (nSPS) is 16.2. The number of carbonyl (C=O) groups is 2. The van der Waals surface area contributed by atoms with Crippen LogP contribution in [0.1, 0.15) is 16.9 Å². The molecule has 0 unspecified atom stereocenters. The van der Waals surface area contributed by atoms with Gasteiger partial charge >= 0.3 is 5.97 Å². The molecule has 0 aliphatic carbocycles. The van der Waals surface area contributed by atoms with Gasteiger partial charge in [-0.05, 0) is 0 Å². The number of aliphatic hydroxyl groups is 1. The minimum Gasteiger partial charge on any atom is -0.510 e. The molecule has 0 radical (unpaired) electrons. The summed E-state index contributed by atoms with van der Waals surface area (Å²) < 4.78 is 4.87. The first kappa shape index (κ1) is 12.7. The Kier molecular flexibility index (Phi) is 3.68. The van der Waals surface area contributed by atoms with Crippen molar-refractivity contribution in [1.29, 1.82) is 0 Å². The first-order valence-electron chi connectivity index (χ1n) is 4.74. The molecule has 0 saturated heterocycles. The molecule has 1 aromatic heterocycles. The molecule has 0 aromatic carbocycles. The predicted octanol–water partition coefficient (Wildman–Crippen LogP) is 2.41. The lowest BCUT2D eigenvalue weighted by Gasteiger charge is -2.11. The number of aliphatic hydroxyl groups excluding tert-OH is 1. The number of ether oxygens (including phenoxy) is 1. The number of halogens is 1. The van der Waals surface area contributed by atoms with E-state index in [0.29, 0.717) is 6.29 Å². The summed E-state index contributed by atoms with van der Waals surface area (Å²) in [5.74, 6) is -0.936. The van der Waals surface area contributed by atoms with Crippen LogP contribution in [0.5, 0.6) is 0 Å². The van der Waals surface area contributed by atoms with Gasteiger partial charge < -0.3 is 9.84 Å². The van der Waals surface area contributed by atoms with E-state index in [4.69, 9.17) is 11.6 Å². The maximum Gasteiger partial charge on any atom is 0.362 e. The summed E-state index contributed by atoms with van der Waals surface area (Å²) in [7, 11) is 0. The van der Waals surface area contributed by atoms with Gasteiger partial charge in [0.25, 0.3) is 0 Å². The number of thiazole rings is 1. The lowest BCUT2D eigenvalue weighted by molar-refractivity contribution is -0.140. The SMILES string of the molecule is O=Cc1nc(N=NC2=C(O)CCOC2=O)sc1Cl. The number of esters is 1. The second-order valence-electron chi connectivity index (χ2n) is 3.15. The molecule has 1 aliphatic heterocycles. The number of hydrogen-bond donors (Lipinski definition) is 1. The average Bonchev–Trinajstić information content (AvgIpc) is 2.69. The van der Waals surface area contributed by atoms with Crippen molar-refractivity contribution >= 4 is 40.3 Å². The van der Waals surface area contributed by atoms with E-state index in [1.165, 1.54) is 0 Å². The molecular formula is C9H6ClN3O4S. The van der Waals surface area contributed by atoms with Crippen LogP contribution in [0, 0.1) is 0 Å². The smallest absolute Gasteiger partial charge is 0.362 e. The number of aldehydes is 1. The zero-order chi connectivity index (χ0) is 13.1. The topological polar surface area (TPSA) is 101 Å². The molecular weight excluding hydrogens is 282 g/mol. The average molecular weight is 288 g/mol. The van der Waals surface area contributed by atoms with Gasteiger partial charge in [-0.2, -0.15) is 0 Å². The van der Waals surface area contributed by atoms with Crippen LogP contribution < -0.4 is 0 Å². The number of carbonyl (C=O) groups excluding carboxylic acids is 2. The molecule has 94 valence electrons. The largest absolute Gasteiger partial charge is 0.510 e. The van der Waals surface area contributed by atoms with E-state index in [9.17, 15) is 14.7 Å². The van der Waals surface area contributed by atoms with Gasteiger partial charge in [-0.3, -0.25) is 4.79 Å². The lowest BCUT2D eigenvalue weighted by atomic mass is 10.2. The maximum atomic E-state index is 11.3. The Morgan fingerprint density at radius 1 is 1.50 bits per heavy atom. The Hall–Kier alpha value is -1.80. The van der Waals surface area contributed by atoms with Crippen molar-refractivity contribution < 1.29 is 19.4 Å². The van der Waals surface area contributed by atoms with E-state index in [1.807, 2.05) is 0 Å². The Morgan fingerprint density at radius 3 is 2.89 bits per heavy atom. The second kappa shape index (κ2) is 5.23. The summed E-state index contributed by atoms with van der Waals surface area (Å²) in [6, 6.07) is 0. The fourth-order valence-electron chi connectivity index (χ4n) is 1.15. The molecule has 0 bridgehead atoms. The Labute approximate surface area is 110 Å². The molecule has 1 aliphatic rings. The van der Waals surface area contributed by atoms with Crippen molar-refractivity contribution in [2.24, 2.45) is 10.2 Å². The molecule has 7 nitrogen and oxygen atoms in total. The van der Waals surface area contributed by atoms with Gasteiger partial charge in [-0.1, -0.05) is 22.9 Å². The van der Waals surface area contributed by atoms with Crippen LogP contribution in [-0.2, 0) is 9.53 Å². The van der Waals surface area contributed by atoms with E-state index >= 15 is 0 Å². The molecule has 0 fully saturated rings. The monoisotopic (exact) mass is 287 g/mol. The summed E-state index contributed by atoms with van der Waals surface area (Å²) in [6.45, 7) is 0.113. The summed E-state index contributed by atoms with van der Waals surface area (Å²) in [5.41, 5.74) is -0.208. The minimum atomic E-state index is -0.749. The summed E-state index contributed by atoms with van der Waals surface area (Å²) >= 11 is 6.63. The third-order valence-electron chi connectivity index (χ3n) is 1.98. The first-order valence-corrected chi connectivity index (χ1v) is 5.93.